The van der Waals surface area contributed by atoms with Crippen LogP contribution in [0.3, 0.4) is 0 Å². The summed E-state index contributed by atoms with van der Waals surface area (Å²) < 4.78 is 6.08. The molecule has 2 saturated heterocycles. The van der Waals surface area contributed by atoms with Gasteiger partial charge in [0.1, 0.15) is 24.1 Å². The lowest BCUT2D eigenvalue weighted by atomic mass is 9.83. The third kappa shape index (κ3) is 4.08. The van der Waals surface area contributed by atoms with Crippen LogP contribution in [0.1, 0.15) is 42.1 Å². The number of ether oxygens (including phenoxy) is 1. The number of hydrogen-bond acceptors (Lipinski definition) is 5. The fraction of sp³-hybridized carbons (Fsp3) is 0.296. The van der Waals surface area contributed by atoms with E-state index in [4.69, 9.17) is 4.74 Å². The zero-order valence-electron chi connectivity index (χ0n) is 18.6. The first-order valence-corrected chi connectivity index (χ1v) is 11.5. The molecule has 4 unspecified atom stereocenters. The molecule has 2 heterocycles. The van der Waals surface area contributed by atoms with Crippen LogP contribution in [0.5, 0.6) is 11.5 Å². The topological polar surface area (TPSA) is 73.8 Å². The van der Waals surface area contributed by atoms with Gasteiger partial charge in [0.25, 0.3) is 0 Å². The highest BCUT2D eigenvalue weighted by atomic mass is 16.5. The van der Waals surface area contributed by atoms with Crippen LogP contribution >= 0.6 is 0 Å². The quantitative estimate of drug-likeness (QED) is 0.513. The Morgan fingerprint density at radius 2 is 1.70 bits per heavy atom. The molecule has 4 atom stereocenters. The molecular weight excluding hydrogens is 414 g/mol. The van der Waals surface area contributed by atoms with Crippen LogP contribution < -0.4 is 15.6 Å². The summed E-state index contributed by atoms with van der Waals surface area (Å²) >= 11 is 0. The van der Waals surface area contributed by atoms with Crippen molar-refractivity contribution in [2.75, 3.05) is 6.54 Å². The fourth-order valence-electron chi connectivity index (χ4n) is 5.14. The van der Waals surface area contributed by atoms with Crippen molar-refractivity contribution in [1.82, 2.24) is 15.8 Å². The van der Waals surface area contributed by atoms with Gasteiger partial charge >= 0.3 is 0 Å². The number of carbonyl (C=O) groups is 1. The van der Waals surface area contributed by atoms with E-state index in [-0.39, 0.29) is 35.7 Å². The van der Waals surface area contributed by atoms with E-state index in [0.29, 0.717) is 13.2 Å². The number of phenolic OH excluding ortho intramolecular Hbond substituents is 1. The highest BCUT2D eigenvalue weighted by Crippen LogP contribution is 2.48. The Morgan fingerprint density at radius 3 is 2.48 bits per heavy atom. The molecule has 6 nitrogen and oxygen atoms in total. The van der Waals surface area contributed by atoms with Gasteiger partial charge in [-0.1, -0.05) is 67.6 Å². The number of nitrogens with zero attached hydrogens (tertiary/aromatic N) is 1. The van der Waals surface area contributed by atoms with Crippen molar-refractivity contribution in [2.45, 2.75) is 38.1 Å². The van der Waals surface area contributed by atoms with Crippen LogP contribution in [-0.4, -0.2) is 28.5 Å². The molecule has 0 spiro atoms. The molecule has 5 rings (SSSR count). The molecule has 2 aliphatic heterocycles. The van der Waals surface area contributed by atoms with Crippen molar-refractivity contribution >= 4 is 5.91 Å². The average molecular weight is 444 g/mol. The monoisotopic (exact) mass is 443 g/mol. The fourth-order valence-corrected chi connectivity index (χ4v) is 5.14. The number of phenols is 1. The highest BCUT2D eigenvalue weighted by molar-refractivity contribution is 5.86. The zero-order chi connectivity index (χ0) is 22.8. The Labute approximate surface area is 194 Å². The van der Waals surface area contributed by atoms with Crippen LogP contribution in [-0.2, 0) is 11.4 Å². The van der Waals surface area contributed by atoms with E-state index in [1.54, 1.807) is 6.07 Å². The Morgan fingerprint density at radius 1 is 0.939 bits per heavy atom. The summed E-state index contributed by atoms with van der Waals surface area (Å²) in [5, 5.41) is 10.5. The van der Waals surface area contributed by atoms with Crippen molar-refractivity contribution < 1.29 is 14.6 Å². The normalized spacial score (nSPS) is 24.2. The molecule has 0 aromatic heterocycles. The minimum Gasteiger partial charge on any atom is -0.508 e. The molecule has 0 aliphatic carbocycles. The van der Waals surface area contributed by atoms with E-state index < -0.39 is 0 Å². The summed E-state index contributed by atoms with van der Waals surface area (Å²) in [7, 11) is 0. The van der Waals surface area contributed by atoms with Crippen molar-refractivity contribution in [3.05, 3.63) is 95.6 Å². The maximum atomic E-state index is 13.3. The maximum Gasteiger partial charge on any atom is 0.242 e. The minimum atomic E-state index is -0.347. The summed E-state index contributed by atoms with van der Waals surface area (Å²) in [5.41, 5.74) is 9.44. The highest BCUT2D eigenvalue weighted by Gasteiger charge is 2.55. The first-order chi connectivity index (χ1) is 16.2. The zero-order valence-corrected chi connectivity index (χ0v) is 18.6. The largest absolute Gasteiger partial charge is 0.508 e. The number of benzene rings is 3. The Balaban J connectivity index is 1.47. The van der Waals surface area contributed by atoms with Crippen LogP contribution in [0.25, 0.3) is 0 Å². The van der Waals surface area contributed by atoms with Crippen LogP contribution in [0.2, 0.25) is 0 Å². The number of carbonyl (C=O) groups excluding carboxylic acids is 1. The van der Waals surface area contributed by atoms with E-state index in [9.17, 15) is 9.90 Å². The number of likely N-dealkylation sites (tertiary alicyclic amines) is 1. The molecule has 33 heavy (non-hydrogen) atoms. The Hall–Kier alpha value is -3.35. The van der Waals surface area contributed by atoms with E-state index in [2.05, 4.69) is 23.8 Å². The molecular formula is C27H29N3O3. The molecule has 1 amide bonds. The van der Waals surface area contributed by atoms with E-state index in [1.165, 1.54) is 0 Å². The number of aromatic hydroxyl groups is 1. The van der Waals surface area contributed by atoms with Crippen molar-refractivity contribution in [3.63, 3.8) is 0 Å². The van der Waals surface area contributed by atoms with E-state index in [0.717, 1.165) is 28.9 Å². The maximum absolute atomic E-state index is 13.3. The van der Waals surface area contributed by atoms with Crippen LogP contribution in [0.4, 0.5) is 0 Å². The second-order valence-corrected chi connectivity index (χ2v) is 8.70. The van der Waals surface area contributed by atoms with Gasteiger partial charge < -0.3 is 14.7 Å². The summed E-state index contributed by atoms with van der Waals surface area (Å²) in [6.45, 7) is 3.26. The van der Waals surface area contributed by atoms with Gasteiger partial charge in [0.05, 0.1) is 12.1 Å². The Kier molecular flexibility index (Phi) is 6.03. The summed E-state index contributed by atoms with van der Waals surface area (Å²) in [5.74, 6) is 1.04. The Bertz CT molecular complexity index is 1120. The molecule has 3 aromatic rings. The standard InChI is InChI=1S/C27H29N3O3/c1-2-15-30-26(19-11-8-12-20(16-19)33-17-18-9-4-3-5-10-18)23-24(28-29-25(23)27(30)32)21-13-6-7-14-22(21)31/h3-14,16,23-26,28-29,31H,2,15,17H2,1H3. The summed E-state index contributed by atoms with van der Waals surface area (Å²) in [4.78, 5) is 15.3. The SMILES string of the molecule is CCCN1C(=O)C2NNC(c3ccccc3O)C2C1c1cccc(OCc2ccccc2)c1. The summed E-state index contributed by atoms with van der Waals surface area (Å²) in [6.07, 6.45) is 0.876. The number of amides is 1. The molecule has 0 saturated carbocycles. The molecule has 170 valence electrons. The first kappa shape index (κ1) is 21.5. The lowest BCUT2D eigenvalue weighted by molar-refractivity contribution is -0.130. The smallest absolute Gasteiger partial charge is 0.242 e. The lowest BCUT2D eigenvalue weighted by Crippen LogP contribution is -2.41. The third-order valence-corrected chi connectivity index (χ3v) is 6.60. The van der Waals surface area contributed by atoms with Crippen LogP contribution in [0.15, 0.2) is 78.9 Å². The van der Waals surface area contributed by atoms with Crippen LogP contribution in [0, 0.1) is 5.92 Å². The second-order valence-electron chi connectivity index (χ2n) is 8.70. The van der Waals surface area contributed by atoms with Gasteiger partial charge in [0, 0.05) is 18.0 Å². The summed E-state index contributed by atoms with van der Waals surface area (Å²) in [6, 6.07) is 24.8. The number of fused-ring (bicyclic) bond motifs is 1. The van der Waals surface area contributed by atoms with Gasteiger partial charge in [-0.2, -0.15) is 0 Å². The molecule has 3 N–H and O–H groups in total. The van der Waals surface area contributed by atoms with Gasteiger partial charge in [-0.05, 0) is 35.7 Å². The predicted molar refractivity (Wildman–Crippen MR) is 126 cm³/mol. The van der Waals surface area contributed by atoms with Gasteiger partial charge in [0.15, 0.2) is 0 Å². The van der Waals surface area contributed by atoms with Gasteiger partial charge in [-0.3, -0.25) is 4.79 Å². The molecule has 0 bridgehead atoms. The van der Waals surface area contributed by atoms with Crippen molar-refractivity contribution in [3.8, 4) is 11.5 Å². The lowest BCUT2D eigenvalue weighted by Gasteiger charge is -2.31. The minimum absolute atomic E-state index is 0.0678. The van der Waals surface area contributed by atoms with Gasteiger partial charge in [-0.25, -0.2) is 10.9 Å². The number of nitrogens with one attached hydrogen (secondary N) is 2. The number of hydrogen-bond donors (Lipinski definition) is 3. The van der Waals surface area contributed by atoms with E-state index in [1.807, 2.05) is 71.6 Å². The van der Waals surface area contributed by atoms with Crippen molar-refractivity contribution in [1.29, 1.82) is 0 Å². The predicted octanol–water partition coefficient (Wildman–Crippen LogP) is 4.10. The average Bonchev–Trinajstić information content (AvgIpc) is 3.38. The van der Waals surface area contributed by atoms with Crippen molar-refractivity contribution in [2.24, 2.45) is 5.92 Å². The number of hydrazine groups is 1. The van der Waals surface area contributed by atoms with Gasteiger partial charge in [0.2, 0.25) is 5.91 Å². The third-order valence-electron chi connectivity index (χ3n) is 6.60. The molecule has 3 aromatic carbocycles. The van der Waals surface area contributed by atoms with E-state index >= 15 is 0 Å². The van der Waals surface area contributed by atoms with Gasteiger partial charge in [-0.15, -0.1) is 0 Å². The number of rotatable bonds is 7. The molecule has 2 aliphatic rings. The molecule has 0 radical (unpaired) electrons. The first-order valence-electron chi connectivity index (χ1n) is 11.5. The number of para-hydroxylation sites is 1. The molecule has 2 fully saturated rings. The molecule has 6 heteroatoms. The second kappa shape index (κ2) is 9.25.